The second-order valence-corrected chi connectivity index (χ2v) is 5.45. The van der Waals surface area contributed by atoms with Gasteiger partial charge in [0.15, 0.2) is 0 Å². The average molecular weight is 300 g/mol. The molecule has 2 rings (SSSR count). The molecule has 0 heterocycles. The quantitative estimate of drug-likeness (QED) is 0.659. The minimum atomic E-state index is -0.320. The Hall–Kier alpha value is -2.27. The summed E-state index contributed by atoms with van der Waals surface area (Å²) >= 11 is 1.61. The average Bonchev–Trinajstić information content (AvgIpc) is 2.54. The Morgan fingerprint density at radius 2 is 1.48 bits per heavy atom. The molecule has 108 valence electrons. The van der Waals surface area contributed by atoms with Crippen molar-refractivity contribution in [3.63, 3.8) is 0 Å². The summed E-state index contributed by atoms with van der Waals surface area (Å²) in [6.45, 7) is 0. The summed E-state index contributed by atoms with van der Waals surface area (Å²) in [7, 11) is 0. The van der Waals surface area contributed by atoms with Gasteiger partial charge >= 0.3 is 0 Å². The third kappa shape index (κ3) is 5.31. The number of thioether (sulfide) groups is 1. The molecule has 2 N–H and O–H groups in total. The van der Waals surface area contributed by atoms with Crippen LogP contribution >= 0.6 is 11.8 Å². The lowest BCUT2D eigenvalue weighted by molar-refractivity contribution is -0.121. The van der Waals surface area contributed by atoms with Crippen molar-refractivity contribution in [3.05, 3.63) is 66.2 Å². The standard InChI is InChI=1S/C16H16N2O2S/c19-15(11-12-21-14-9-5-2-6-10-14)17-18-16(20)13-7-3-1-4-8-13/h1-10H,11-12H2,(H,17,19)(H,18,20). The summed E-state index contributed by atoms with van der Waals surface area (Å²) in [5, 5.41) is 0. The predicted octanol–water partition coefficient (Wildman–Crippen LogP) is 2.63. The van der Waals surface area contributed by atoms with Gasteiger partial charge in [0.1, 0.15) is 0 Å². The molecule has 4 nitrogen and oxygen atoms in total. The maximum Gasteiger partial charge on any atom is 0.269 e. The van der Waals surface area contributed by atoms with Crippen LogP contribution in [0.3, 0.4) is 0 Å². The van der Waals surface area contributed by atoms with E-state index in [0.717, 1.165) is 4.90 Å². The van der Waals surface area contributed by atoms with E-state index >= 15 is 0 Å². The van der Waals surface area contributed by atoms with E-state index in [9.17, 15) is 9.59 Å². The van der Waals surface area contributed by atoms with Crippen molar-refractivity contribution in [2.45, 2.75) is 11.3 Å². The zero-order valence-electron chi connectivity index (χ0n) is 11.4. The van der Waals surface area contributed by atoms with Crippen molar-refractivity contribution in [1.82, 2.24) is 10.9 Å². The monoisotopic (exact) mass is 300 g/mol. The predicted molar refractivity (Wildman–Crippen MR) is 83.8 cm³/mol. The van der Waals surface area contributed by atoms with Gasteiger partial charge in [0.2, 0.25) is 5.91 Å². The molecule has 0 aliphatic heterocycles. The van der Waals surface area contributed by atoms with E-state index in [2.05, 4.69) is 10.9 Å². The highest BCUT2D eigenvalue weighted by molar-refractivity contribution is 7.99. The summed E-state index contributed by atoms with van der Waals surface area (Å²) < 4.78 is 0. The first-order valence-corrected chi connectivity index (χ1v) is 7.56. The zero-order chi connectivity index (χ0) is 14.9. The van der Waals surface area contributed by atoms with Crippen molar-refractivity contribution < 1.29 is 9.59 Å². The largest absolute Gasteiger partial charge is 0.273 e. The molecule has 0 aliphatic carbocycles. The van der Waals surface area contributed by atoms with E-state index in [1.807, 2.05) is 36.4 Å². The Labute approximate surface area is 127 Å². The fourth-order valence-corrected chi connectivity index (χ4v) is 2.50. The normalized spacial score (nSPS) is 9.90. The number of hydrazine groups is 1. The molecule has 2 aromatic carbocycles. The Bertz CT molecular complexity index is 588. The maximum atomic E-state index is 11.7. The summed E-state index contributed by atoms with van der Waals surface area (Å²) in [5.41, 5.74) is 5.33. The van der Waals surface area contributed by atoms with Crippen LogP contribution in [0.1, 0.15) is 16.8 Å². The highest BCUT2D eigenvalue weighted by Gasteiger charge is 2.06. The molecule has 2 amide bonds. The summed E-state index contributed by atoms with van der Waals surface area (Å²) in [5.74, 6) is 0.138. The minimum absolute atomic E-state index is 0.206. The van der Waals surface area contributed by atoms with E-state index in [1.54, 1.807) is 36.0 Å². The van der Waals surface area contributed by atoms with Gasteiger partial charge in [0, 0.05) is 22.6 Å². The van der Waals surface area contributed by atoms with Crippen LogP contribution in [0.5, 0.6) is 0 Å². The van der Waals surface area contributed by atoms with Crippen molar-refractivity contribution in [2.75, 3.05) is 5.75 Å². The molecule has 0 spiro atoms. The lowest BCUT2D eigenvalue weighted by Crippen LogP contribution is -2.41. The second-order valence-electron chi connectivity index (χ2n) is 4.28. The summed E-state index contributed by atoms with van der Waals surface area (Å²) in [6, 6.07) is 18.6. The van der Waals surface area contributed by atoms with Crippen molar-refractivity contribution in [1.29, 1.82) is 0 Å². The molecule has 0 saturated carbocycles. The van der Waals surface area contributed by atoms with Gasteiger partial charge in [-0.15, -0.1) is 11.8 Å². The van der Waals surface area contributed by atoms with E-state index in [-0.39, 0.29) is 11.8 Å². The fourth-order valence-electron chi connectivity index (χ4n) is 1.63. The molecule has 0 saturated heterocycles. The Morgan fingerprint density at radius 1 is 0.857 bits per heavy atom. The molecule has 0 aliphatic rings. The second kappa shape index (κ2) is 8.11. The Morgan fingerprint density at radius 3 is 2.14 bits per heavy atom. The van der Waals surface area contributed by atoms with Crippen molar-refractivity contribution in [2.24, 2.45) is 0 Å². The number of nitrogens with one attached hydrogen (secondary N) is 2. The molecule has 0 bridgehead atoms. The van der Waals surface area contributed by atoms with Crippen molar-refractivity contribution >= 4 is 23.6 Å². The van der Waals surface area contributed by atoms with Gasteiger partial charge in [-0.1, -0.05) is 36.4 Å². The molecule has 5 heteroatoms. The minimum Gasteiger partial charge on any atom is -0.273 e. The zero-order valence-corrected chi connectivity index (χ0v) is 12.2. The van der Waals surface area contributed by atoms with Crippen LogP contribution in [0.2, 0.25) is 0 Å². The number of carbonyl (C=O) groups excluding carboxylic acids is 2. The highest BCUT2D eigenvalue weighted by atomic mass is 32.2. The SMILES string of the molecule is O=C(CCSc1ccccc1)NNC(=O)c1ccccc1. The molecule has 21 heavy (non-hydrogen) atoms. The number of hydrogen-bond donors (Lipinski definition) is 2. The molecule has 0 atom stereocenters. The van der Waals surface area contributed by atoms with E-state index in [4.69, 9.17) is 0 Å². The molecular weight excluding hydrogens is 284 g/mol. The summed E-state index contributed by atoms with van der Waals surface area (Å²) in [4.78, 5) is 24.5. The first-order chi connectivity index (χ1) is 10.3. The number of benzene rings is 2. The van der Waals surface area contributed by atoms with Crippen LogP contribution in [0.4, 0.5) is 0 Å². The third-order valence-corrected chi connectivity index (χ3v) is 3.71. The van der Waals surface area contributed by atoms with Gasteiger partial charge in [-0.3, -0.25) is 20.4 Å². The summed E-state index contributed by atoms with van der Waals surface area (Å²) in [6.07, 6.45) is 0.342. The van der Waals surface area contributed by atoms with Gasteiger partial charge in [-0.2, -0.15) is 0 Å². The van der Waals surface area contributed by atoms with Crippen LogP contribution in [-0.2, 0) is 4.79 Å². The Kier molecular flexibility index (Phi) is 5.84. The lowest BCUT2D eigenvalue weighted by atomic mass is 10.2. The first kappa shape index (κ1) is 15.1. The topological polar surface area (TPSA) is 58.2 Å². The lowest BCUT2D eigenvalue weighted by Gasteiger charge is -2.07. The molecule has 0 fully saturated rings. The van der Waals surface area contributed by atoms with Crippen LogP contribution in [0.15, 0.2) is 65.6 Å². The van der Waals surface area contributed by atoms with Gasteiger partial charge in [0.25, 0.3) is 5.91 Å². The van der Waals surface area contributed by atoms with Crippen LogP contribution < -0.4 is 10.9 Å². The van der Waals surface area contributed by atoms with E-state index in [1.165, 1.54) is 0 Å². The van der Waals surface area contributed by atoms with Gasteiger partial charge in [-0.05, 0) is 24.3 Å². The molecule has 0 unspecified atom stereocenters. The smallest absolute Gasteiger partial charge is 0.269 e. The number of hydrogen-bond acceptors (Lipinski definition) is 3. The molecular formula is C16H16N2O2S. The van der Waals surface area contributed by atoms with E-state index < -0.39 is 0 Å². The van der Waals surface area contributed by atoms with E-state index in [0.29, 0.717) is 17.7 Å². The first-order valence-electron chi connectivity index (χ1n) is 6.58. The van der Waals surface area contributed by atoms with Gasteiger partial charge in [0.05, 0.1) is 0 Å². The number of rotatable bonds is 5. The van der Waals surface area contributed by atoms with Gasteiger partial charge < -0.3 is 0 Å². The number of carbonyl (C=O) groups is 2. The molecule has 0 radical (unpaired) electrons. The maximum absolute atomic E-state index is 11.7. The van der Waals surface area contributed by atoms with Crippen molar-refractivity contribution in [3.8, 4) is 0 Å². The molecule has 2 aromatic rings. The number of amides is 2. The van der Waals surface area contributed by atoms with Gasteiger partial charge in [-0.25, -0.2) is 0 Å². The van der Waals surface area contributed by atoms with Crippen LogP contribution in [0, 0.1) is 0 Å². The Balaban J connectivity index is 1.67. The fraction of sp³-hybridized carbons (Fsp3) is 0.125. The van der Waals surface area contributed by atoms with Crippen LogP contribution in [-0.4, -0.2) is 17.6 Å². The third-order valence-electron chi connectivity index (χ3n) is 2.69. The molecule has 0 aromatic heterocycles. The van der Waals surface area contributed by atoms with Crippen LogP contribution in [0.25, 0.3) is 0 Å². The highest BCUT2D eigenvalue weighted by Crippen LogP contribution is 2.17.